The number of anilines is 2. The molecule has 0 spiro atoms. The van der Waals surface area contributed by atoms with Gasteiger partial charge in [-0.15, -0.1) is 0 Å². The third-order valence-electron chi connectivity index (χ3n) is 5.46. The van der Waals surface area contributed by atoms with E-state index in [9.17, 15) is 14.4 Å². The van der Waals surface area contributed by atoms with Gasteiger partial charge in [-0.2, -0.15) is 4.98 Å². The summed E-state index contributed by atoms with van der Waals surface area (Å²) in [7, 11) is 8.57. The van der Waals surface area contributed by atoms with Crippen LogP contribution in [0.4, 0.5) is 11.6 Å². The molecule has 0 saturated heterocycles. The first-order valence-corrected chi connectivity index (χ1v) is 11.7. The van der Waals surface area contributed by atoms with E-state index in [0.717, 1.165) is 22.1 Å². The largest absolute Gasteiger partial charge is 0.496 e. The second kappa shape index (κ2) is 11.9. The fourth-order valence-corrected chi connectivity index (χ4v) is 3.80. The first-order valence-electron chi connectivity index (χ1n) is 11.4. The smallest absolute Gasteiger partial charge is 0.354 e. The summed E-state index contributed by atoms with van der Waals surface area (Å²) < 4.78 is 12.3. The lowest BCUT2D eigenvalue weighted by Gasteiger charge is -2.18. The summed E-state index contributed by atoms with van der Waals surface area (Å²) in [5, 5.41) is 3.61. The van der Waals surface area contributed by atoms with E-state index >= 15 is 0 Å². The number of aromatic nitrogens is 3. The molecule has 1 aromatic heterocycles. The highest BCUT2D eigenvalue weighted by Crippen LogP contribution is 2.27. The summed E-state index contributed by atoms with van der Waals surface area (Å²) in [5.41, 5.74) is 0.836. The van der Waals surface area contributed by atoms with Gasteiger partial charge in [0.1, 0.15) is 5.75 Å². The molecule has 0 aliphatic carbocycles. The van der Waals surface area contributed by atoms with Crippen molar-refractivity contribution in [3.63, 3.8) is 0 Å². The zero-order valence-electron chi connectivity index (χ0n) is 20.7. The number of esters is 1. The monoisotopic (exact) mass is 510 g/mol. The molecule has 2 radical (unpaired) electrons. The molecule has 0 aliphatic rings. The number of ether oxygens (including phenoxy) is 2. The Morgan fingerprint density at radius 1 is 1.11 bits per heavy atom. The minimum absolute atomic E-state index is 0.0292. The molecule has 36 heavy (non-hydrogen) atoms. The van der Waals surface area contributed by atoms with Gasteiger partial charge in [-0.05, 0) is 41.7 Å². The topological polar surface area (TPSA) is 104 Å². The van der Waals surface area contributed by atoms with Gasteiger partial charge in [0.15, 0.2) is 0 Å². The van der Waals surface area contributed by atoms with Crippen LogP contribution in [0.15, 0.2) is 52.1 Å². The summed E-state index contributed by atoms with van der Waals surface area (Å²) >= 11 is 6.00. The lowest BCUT2D eigenvalue weighted by atomic mass is 9.87. The Morgan fingerprint density at radius 2 is 1.81 bits per heavy atom. The number of halogens is 1. The first kappa shape index (κ1) is 27.1. The summed E-state index contributed by atoms with van der Waals surface area (Å²) in [6.07, 6.45) is 0.833. The van der Waals surface area contributed by atoms with E-state index in [4.69, 9.17) is 24.2 Å². The minimum atomic E-state index is -1.21. The lowest BCUT2D eigenvalue weighted by Crippen LogP contribution is -2.44. The van der Waals surface area contributed by atoms with E-state index in [0.29, 0.717) is 22.4 Å². The van der Waals surface area contributed by atoms with Crippen molar-refractivity contribution in [1.82, 2.24) is 14.1 Å². The van der Waals surface area contributed by atoms with Crippen LogP contribution in [0, 0.1) is 5.92 Å². The Labute approximate surface area is 215 Å². The van der Waals surface area contributed by atoms with Gasteiger partial charge in [0.05, 0.1) is 28.6 Å². The molecule has 1 atom stereocenters. The number of methoxy groups -OCH3 is 2. The molecule has 0 amide bonds. The number of hydrogen-bond donors (Lipinski definition) is 1. The number of carbonyl (C=O) groups is 1. The average molecular weight is 511 g/mol. The van der Waals surface area contributed by atoms with E-state index in [2.05, 4.69) is 28.9 Å². The van der Waals surface area contributed by atoms with Gasteiger partial charge in [-0.1, -0.05) is 43.6 Å². The highest BCUT2D eigenvalue weighted by molar-refractivity contribution is 6.30. The molecule has 1 unspecified atom stereocenters. The molecular formula is C25H28BClN4O5. The quantitative estimate of drug-likeness (QED) is 0.330. The molecule has 9 nitrogen and oxygen atoms in total. The molecule has 1 heterocycles. The summed E-state index contributed by atoms with van der Waals surface area (Å²) in [6.45, 7) is 3.94. The number of carbonyl (C=O) groups excluding carboxylic acids is 1. The van der Waals surface area contributed by atoms with Crippen molar-refractivity contribution in [3.05, 3.63) is 79.6 Å². The van der Waals surface area contributed by atoms with Crippen LogP contribution in [0.25, 0.3) is 0 Å². The summed E-state index contributed by atoms with van der Waals surface area (Å²) in [4.78, 5) is 42.1. The van der Waals surface area contributed by atoms with Gasteiger partial charge < -0.3 is 14.8 Å². The molecule has 3 rings (SSSR count). The summed E-state index contributed by atoms with van der Waals surface area (Å²) in [5.74, 6) is -0.809. The van der Waals surface area contributed by atoms with Crippen molar-refractivity contribution in [2.45, 2.75) is 39.2 Å². The average Bonchev–Trinajstić information content (AvgIpc) is 2.85. The van der Waals surface area contributed by atoms with Crippen LogP contribution in [0.1, 0.15) is 25.0 Å². The van der Waals surface area contributed by atoms with Gasteiger partial charge in [0.2, 0.25) is 5.95 Å². The van der Waals surface area contributed by atoms with Crippen LogP contribution >= 0.6 is 11.6 Å². The number of hydrogen-bond acceptors (Lipinski definition) is 7. The van der Waals surface area contributed by atoms with Crippen molar-refractivity contribution in [1.29, 1.82) is 0 Å². The predicted molar refractivity (Wildman–Crippen MR) is 140 cm³/mol. The fourth-order valence-electron chi connectivity index (χ4n) is 3.68. The Kier molecular flexibility index (Phi) is 8.98. The highest BCUT2D eigenvalue weighted by atomic mass is 35.5. The van der Waals surface area contributed by atoms with E-state index < -0.39 is 23.2 Å². The van der Waals surface area contributed by atoms with Gasteiger partial charge in [0.25, 0.3) is 0 Å². The molecule has 0 aliphatic heterocycles. The van der Waals surface area contributed by atoms with E-state index in [-0.39, 0.29) is 19.0 Å². The third-order valence-corrected chi connectivity index (χ3v) is 5.71. The maximum absolute atomic E-state index is 13.4. The SMILES string of the molecule is [B]C(Cn1c(=O)nc(Nc2ccc(CC(C)C)c(OC)c2)n(Cc2ccc(Cl)cc2)c1=O)C(=O)OC. The molecular weight excluding hydrogens is 483 g/mol. The van der Waals surface area contributed by atoms with Crippen molar-refractivity contribution >= 4 is 37.1 Å². The van der Waals surface area contributed by atoms with Crippen molar-refractivity contribution in [2.75, 3.05) is 19.5 Å². The number of rotatable bonds is 10. The standard InChI is InChI=1S/C25H28BClN4O5/c1-15(2)11-17-7-10-19(12-21(17)35-3)28-23-29-24(33)31(14-20(26)22(32)36-4)25(34)30(23)13-16-5-8-18(27)9-6-16/h5-10,12,15,20H,11,13-14H2,1-4H3,(H,28,29,33). The second-order valence-corrected chi connectivity index (χ2v) is 9.14. The van der Waals surface area contributed by atoms with Crippen LogP contribution in [0.2, 0.25) is 10.8 Å². The van der Waals surface area contributed by atoms with Crippen LogP contribution in [-0.4, -0.2) is 42.2 Å². The zero-order chi connectivity index (χ0) is 26.4. The van der Waals surface area contributed by atoms with Gasteiger partial charge in [-0.3, -0.25) is 9.36 Å². The lowest BCUT2D eigenvalue weighted by molar-refractivity contribution is -0.140. The van der Waals surface area contributed by atoms with Gasteiger partial charge >= 0.3 is 17.3 Å². The minimum Gasteiger partial charge on any atom is -0.496 e. The Morgan fingerprint density at radius 3 is 2.42 bits per heavy atom. The maximum Gasteiger partial charge on any atom is 0.354 e. The van der Waals surface area contributed by atoms with E-state index in [1.165, 1.54) is 11.7 Å². The predicted octanol–water partition coefficient (Wildman–Crippen LogP) is 3.19. The van der Waals surface area contributed by atoms with Crippen LogP contribution < -0.4 is 21.4 Å². The molecule has 188 valence electrons. The Balaban J connectivity index is 2.06. The second-order valence-electron chi connectivity index (χ2n) is 8.70. The van der Waals surface area contributed by atoms with Crippen molar-refractivity contribution in [2.24, 2.45) is 5.92 Å². The van der Waals surface area contributed by atoms with Crippen molar-refractivity contribution in [3.8, 4) is 5.75 Å². The highest BCUT2D eigenvalue weighted by Gasteiger charge is 2.20. The molecule has 0 saturated carbocycles. The van der Waals surface area contributed by atoms with E-state index in [1.54, 1.807) is 37.4 Å². The normalized spacial score (nSPS) is 11.8. The molecule has 11 heteroatoms. The molecule has 2 aromatic carbocycles. The van der Waals surface area contributed by atoms with Crippen LogP contribution in [-0.2, 0) is 29.0 Å². The summed E-state index contributed by atoms with van der Waals surface area (Å²) in [6, 6.07) is 12.5. The first-order chi connectivity index (χ1) is 17.1. The van der Waals surface area contributed by atoms with Crippen LogP contribution in [0.3, 0.4) is 0 Å². The van der Waals surface area contributed by atoms with Crippen molar-refractivity contribution < 1.29 is 14.3 Å². The molecule has 1 N–H and O–H groups in total. The molecule has 0 bridgehead atoms. The van der Waals surface area contributed by atoms with Gasteiger partial charge in [-0.25, -0.2) is 14.2 Å². The maximum atomic E-state index is 13.4. The van der Waals surface area contributed by atoms with Crippen LogP contribution in [0.5, 0.6) is 5.75 Å². The zero-order valence-corrected chi connectivity index (χ0v) is 21.4. The Hall–Kier alpha value is -3.53. The molecule has 0 fully saturated rings. The Bertz CT molecular complexity index is 1340. The number of nitrogens with one attached hydrogen (secondary N) is 1. The third kappa shape index (κ3) is 6.57. The van der Waals surface area contributed by atoms with E-state index in [1.807, 2.05) is 12.1 Å². The van der Waals surface area contributed by atoms with Gasteiger partial charge in [0, 0.05) is 29.1 Å². The number of benzene rings is 2. The fraction of sp³-hybridized carbons (Fsp3) is 0.360. The number of nitrogens with zero attached hydrogens (tertiary/aromatic N) is 3. The molecule has 3 aromatic rings.